The van der Waals surface area contributed by atoms with Crippen LogP contribution >= 0.6 is 11.6 Å². The maximum absolute atomic E-state index is 12.9. The van der Waals surface area contributed by atoms with Crippen LogP contribution in [0.1, 0.15) is 44.1 Å². The van der Waals surface area contributed by atoms with E-state index in [0.29, 0.717) is 51.8 Å². The molecule has 2 N–H and O–H groups in total. The first-order valence-corrected chi connectivity index (χ1v) is 14.1. The number of carbonyl (C=O) groups is 1. The number of amides is 1. The second kappa shape index (κ2) is 11.5. The maximum atomic E-state index is 12.9. The Morgan fingerprint density at radius 2 is 1.86 bits per heavy atom. The molecule has 1 atom stereocenters. The molecule has 1 aliphatic rings. The number of nitrogens with one attached hydrogen (secondary N) is 2. The van der Waals surface area contributed by atoms with Gasteiger partial charge in [-0.3, -0.25) is 10.0 Å². The van der Waals surface area contributed by atoms with Crippen molar-refractivity contribution in [3.63, 3.8) is 0 Å². The molecule has 2 aromatic carbocycles. The van der Waals surface area contributed by atoms with Crippen LogP contribution < -0.4 is 10.0 Å². The molecule has 1 fully saturated rings. The molecular formula is C26H31ClN4O5S. The predicted octanol–water partition coefficient (Wildman–Crippen LogP) is 5.84. The van der Waals surface area contributed by atoms with E-state index in [2.05, 4.69) is 27.0 Å². The van der Waals surface area contributed by atoms with E-state index in [1.54, 1.807) is 56.3 Å². The molecule has 3 aromatic rings. The minimum absolute atomic E-state index is 0.334. The van der Waals surface area contributed by atoms with Crippen LogP contribution in [0.15, 0.2) is 53.1 Å². The molecule has 0 saturated carbocycles. The molecule has 4 rings (SSSR count). The second-order valence-corrected chi connectivity index (χ2v) is 11.4. The Labute approximate surface area is 222 Å². The Morgan fingerprint density at radius 3 is 2.51 bits per heavy atom. The first-order valence-electron chi connectivity index (χ1n) is 12.2. The summed E-state index contributed by atoms with van der Waals surface area (Å²) in [5.74, 6) is 0.334. The first kappa shape index (κ1) is 27.0. The van der Waals surface area contributed by atoms with Gasteiger partial charge in [-0.25, -0.2) is 13.2 Å². The number of halogens is 1. The lowest BCUT2D eigenvalue weighted by Crippen LogP contribution is -2.41. The van der Waals surface area contributed by atoms with E-state index in [1.165, 1.54) is 0 Å². The summed E-state index contributed by atoms with van der Waals surface area (Å²) in [6.07, 6.45) is -0.0326. The summed E-state index contributed by atoms with van der Waals surface area (Å²) >= 11 is 6.20. The van der Waals surface area contributed by atoms with Crippen molar-refractivity contribution in [2.75, 3.05) is 29.7 Å². The smallest absolute Gasteiger partial charge is 0.412 e. The number of benzene rings is 2. The molecule has 0 aliphatic carbocycles. The number of likely N-dealkylation sites (tertiary alicyclic amines) is 1. The van der Waals surface area contributed by atoms with E-state index < -0.39 is 27.5 Å². The Kier molecular flexibility index (Phi) is 8.41. The van der Waals surface area contributed by atoms with E-state index in [0.717, 1.165) is 19.6 Å². The molecule has 0 bridgehead atoms. The highest BCUT2D eigenvalue weighted by atomic mass is 35.5. The highest BCUT2D eigenvalue weighted by Crippen LogP contribution is 2.33. The molecule has 2 heterocycles. The van der Waals surface area contributed by atoms with Crippen molar-refractivity contribution in [1.82, 2.24) is 10.1 Å². The molecule has 1 unspecified atom stereocenters. The predicted molar refractivity (Wildman–Crippen MR) is 144 cm³/mol. The molecule has 1 aromatic heterocycles. The minimum atomic E-state index is -3.50. The highest BCUT2D eigenvalue weighted by molar-refractivity contribution is 7.93. The number of anilines is 2. The van der Waals surface area contributed by atoms with Gasteiger partial charge in [0.1, 0.15) is 17.5 Å². The van der Waals surface area contributed by atoms with Gasteiger partial charge < -0.3 is 14.2 Å². The first-order chi connectivity index (χ1) is 17.7. The highest BCUT2D eigenvalue weighted by Gasteiger charge is 2.29. The third-order valence-corrected chi connectivity index (χ3v) is 8.76. The number of sulfonamides is 1. The number of hydrogen-bond acceptors (Lipinski definition) is 7. The lowest BCUT2D eigenvalue weighted by Gasteiger charge is -2.30. The van der Waals surface area contributed by atoms with Gasteiger partial charge in [0.2, 0.25) is 10.0 Å². The SMILES string of the molecule is CCN1CCC(S(=O)(=O)Nc2ccc(-c3onc(C)c3NC(=O)OC(C)c3ccccc3Cl)cc2)CC1. The standard InChI is InChI=1S/C26H31ClN4O5S/c1-4-31-15-13-21(14-16-31)37(33,34)30-20-11-9-19(10-12-20)25-24(17(2)29-36-25)28-26(32)35-18(3)22-7-5-6-8-23(22)27/h5-12,18,21,30H,4,13-16H2,1-3H3,(H,28,32). The molecule has 0 spiro atoms. The molecule has 198 valence electrons. The third-order valence-electron chi connectivity index (χ3n) is 6.54. The molecule has 11 heteroatoms. The van der Waals surface area contributed by atoms with Gasteiger partial charge in [-0.05, 0) is 76.7 Å². The monoisotopic (exact) mass is 546 g/mol. The van der Waals surface area contributed by atoms with Gasteiger partial charge in [0, 0.05) is 21.8 Å². The van der Waals surface area contributed by atoms with Crippen LogP contribution in [0.3, 0.4) is 0 Å². The van der Waals surface area contributed by atoms with Crippen molar-refractivity contribution < 1.29 is 22.5 Å². The summed E-state index contributed by atoms with van der Waals surface area (Å²) < 4.78 is 39.4. The van der Waals surface area contributed by atoms with E-state index >= 15 is 0 Å². The molecular weight excluding hydrogens is 516 g/mol. The van der Waals surface area contributed by atoms with Gasteiger partial charge in [-0.1, -0.05) is 41.9 Å². The van der Waals surface area contributed by atoms with Crippen LogP contribution in [-0.2, 0) is 14.8 Å². The average Bonchev–Trinajstić information content (AvgIpc) is 3.24. The van der Waals surface area contributed by atoms with Crippen molar-refractivity contribution in [1.29, 1.82) is 0 Å². The molecule has 1 saturated heterocycles. The van der Waals surface area contributed by atoms with Gasteiger partial charge >= 0.3 is 6.09 Å². The number of piperidine rings is 1. The van der Waals surface area contributed by atoms with Crippen LogP contribution in [0.4, 0.5) is 16.2 Å². The van der Waals surface area contributed by atoms with Crippen molar-refractivity contribution in [3.8, 4) is 11.3 Å². The fourth-order valence-corrected chi connectivity index (χ4v) is 6.10. The Hall–Kier alpha value is -3.08. The van der Waals surface area contributed by atoms with Crippen LogP contribution in [0.5, 0.6) is 0 Å². The molecule has 1 amide bonds. The summed E-state index contributed by atoms with van der Waals surface area (Å²) in [4.78, 5) is 14.9. The average molecular weight is 547 g/mol. The summed E-state index contributed by atoms with van der Waals surface area (Å²) in [5, 5.41) is 6.77. The number of aromatic nitrogens is 1. The fraction of sp³-hybridized carbons (Fsp3) is 0.385. The van der Waals surface area contributed by atoms with Crippen molar-refractivity contribution >= 4 is 39.1 Å². The van der Waals surface area contributed by atoms with Gasteiger partial charge in [0.05, 0.1) is 5.25 Å². The fourth-order valence-electron chi connectivity index (χ4n) is 4.35. The molecule has 0 radical (unpaired) electrons. The maximum Gasteiger partial charge on any atom is 0.412 e. The summed E-state index contributed by atoms with van der Waals surface area (Å²) in [6.45, 7) is 8.00. The van der Waals surface area contributed by atoms with Crippen molar-refractivity contribution in [3.05, 3.63) is 64.8 Å². The van der Waals surface area contributed by atoms with E-state index in [9.17, 15) is 13.2 Å². The number of ether oxygens (including phenoxy) is 1. The lowest BCUT2D eigenvalue weighted by atomic mass is 10.1. The quantitative estimate of drug-likeness (QED) is 0.365. The van der Waals surface area contributed by atoms with E-state index in [-0.39, 0.29) is 0 Å². The zero-order valence-electron chi connectivity index (χ0n) is 21.0. The van der Waals surface area contributed by atoms with E-state index in [1.807, 2.05) is 6.07 Å². The largest absolute Gasteiger partial charge is 0.441 e. The van der Waals surface area contributed by atoms with Crippen LogP contribution in [0.25, 0.3) is 11.3 Å². The zero-order valence-corrected chi connectivity index (χ0v) is 22.6. The lowest BCUT2D eigenvalue weighted by molar-refractivity contribution is 0.121. The van der Waals surface area contributed by atoms with Crippen LogP contribution in [-0.4, -0.2) is 49.5 Å². The van der Waals surface area contributed by atoms with Crippen molar-refractivity contribution in [2.45, 2.75) is 45.0 Å². The Morgan fingerprint density at radius 1 is 1.19 bits per heavy atom. The molecule has 1 aliphatic heterocycles. The zero-order chi connectivity index (χ0) is 26.6. The number of nitrogens with zero attached hydrogens (tertiary/aromatic N) is 2. The number of aryl methyl sites for hydroxylation is 1. The van der Waals surface area contributed by atoms with Gasteiger partial charge in [-0.15, -0.1) is 0 Å². The van der Waals surface area contributed by atoms with Crippen LogP contribution in [0, 0.1) is 6.92 Å². The topological polar surface area (TPSA) is 114 Å². The number of rotatable bonds is 8. The molecule has 9 nitrogen and oxygen atoms in total. The van der Waals surface area contributed by atoms with E-state index in [4.69, 9.17) is 20.9 Å². The third kappa shape index (κ3) is 6.44. The summed E-state index contributed by atoms with van der Waals surface area (Å²) in [5.41, 5.74) is 2.61. The normalized spacial score (nSPS) is 15.8. The van der Waals surface area contributed by atoms with Crippen molar-refractivity contribution in [2.24, 2.45) is 0 Å². The minimum Gasteiger partial charge on any atom is -0.441 e. The summed E-state index contributed by atoms with van der Waals surface area (Å²) in [6, 6.07) is 13.9. The van der Waals surface area contributed by atoms with Gasteiger partial charge in [-0.2, -0.15) is 0 Å². The second-order valence-electron chi connectivity index (χ2n) is 9.02. The Balaban J connectivity index is 1.42. The number of carbonyl (C=O) groups excluding carboxylic acids is 1. The summed E-state index contributed by atoms with van der Waals surface area (Å²) in [7, 11) is -3.50. The Bertz CT molecular complexity index is 1340. The molecule has 37 heavy (non-hydrogen) atoms. The van der Waals surface area contributed by atoms with Gasteiger partial charge in [0.25, 0.3) is 0 Å². The van der Waals surface area contributed by atoms with Crippen LogP contribution in [0.2, 0.25) is 5.02 Å². The number of hydrogen-bond donors (Lipinski definition) is 2. The van der Waals surface area contributed by atoms with Gasteiger partial charge in [0.15, 0.2) is 5.76 Å².